The summed E-state index contributed by atoms with van der Waals surface area (Å²) < 4.78 is 0. The molecule has 2 aliphatic rings. The molecular weight excluding hydrogens is 260 g/mol. The first-order chi connectivity index (χ1) is 9.22. The van der Waals surface area contributed by atoms with Crippen LogP contribution < -0.4 is 10.2 Å². The lowest BCUT2D eigenvalue weighted by atomic mass is 10.1. The van der Waals surface area contributed by atoms with E-state index >= 15 is 0 Å². The number of aliphatic hydroxyl groups excluding tert-OH is 1. The zero-order valence-electron chi connectivity index (χ0n) is 9.83. The van der Waals surface area contributed by atoms with Crippen LogP contribution in [-0.2, 0) is 10.5 Å². The number of thiophene rings is 1. The predicted molar refractivity (Wildman–Crippen MR) is 74.3 cm³/mol. The number of nitrogens with one attached hydrogen (secondary N) is 1. The average Bonchev–Trinajstić information content (AvgIpc) is 3.07. The van der Waals surface area contributed by atoms with Gasteiger partial charge < -0.3 is 10.4 Å². The molecular formula is C14H10N2O2S. The van der Waals surface area contributed by atoms with Gasteiger partial charge in [-0.25, -0.2) is 0 Å². The Morgan fingerprint density at radius 3 is 2.84 bits per heavy atom. The van der Waals surface area contributed by atoms with Gasteiger partial charge in [-0.2, -0.15) is 0 Å². The van der Waals surface area contributed by atoms with Gasteiger partial charge in [0.1, 0.15) is 0 Å². The van der Waals surface area contributed by atoms with Crippen LogP contribution in [0.5, 0.6) is 0 Å². The second-order valence-electron chi connectivity index (χ2n) is 4.56. The Balaban J connectivity index is 1.98. The summed E-state index contributed by atoms with van der Waals surface area (Å²) in [6.45, 7) is 0. The highest BCUT2D eigenvalue weighted by Gasteiger charge is 2.53. The maximum Gasteiger partial charge on any atom is 0.295 e. The Kier molecular flexibility index (Phi) is 1.90. The lowest BCUT2D eigenvalue weighted by Gasteiger charge is -2.29. The van der Waals surface area contributed by atoms with Crippen molar-refractivity contribution in [1.82, 2.24) is 0 Å². The number of fused-ring (bicyclic) bond motifs is 3. The first kappa shape index (κ1) is 10.6. The standard InChI is InChI=1S/C14H10N2O2S/c17-11-8-14(12-6-3-7-19-12)15-9-4-1-2-5-10(9)16(14)13(11)18/h1-8,15,17H/t14-/m0/s1. The van der Waals surface area contributed by atoms with Crippen molar-refractivity contribution >= 4 is 28.6 Å². The van der Waals surface area contributed by atoms with E-state index in [0.29, 0.717) is 0 Å². The monoisotopic (exact) mass is 270 g/mol. The molecule has 1 aromatic carbocycles. The molecule has 0 fully saturated rings. The van der Waals surface area contributed by atoms with E-state index in [1.807, 2.05) is 41.8 Å². The molecule has 94 valence electrons. The van der Waals surface area contributed by atoms with E-state index in [9.17, 15) is 9.90 Å². The second-order valence-corrected chi connectivity index (χ2v) is 5.50. The minimum Gasteiger partial charge on any atom is -0.503 e. The summed E-state index contributed by atoms with van der Waals surface area (Å²) in [7, 11) is 0. The number of hydrogen-bond acceptors (Lipinski definition) is 4. The van der Waals surface area contributed by atoms with Gasteiger partial charge in [-0.1, -0.05) is 18.2 Å². The van der Waals surface area contributed by atoms with Crippen molar-refractivity contribution in [3.05, 3.63) is 58.5 Å². The molecule has 1 atom stereocenters. The Morgan fingerprint density at radius 1 is 1.21 bits per heavy atom. The highest BCUT2D eigenvalue weighted by atomic mass is 32.1. The van der Waals surface area contributed by atoms with Gasteiger partial charge in [-0.05, 0) is 23.6 Å². The first-order valence-electron chi connectivity index (χ1n) is 5.90. The lowest BCUT2D eigenvalue weighted by molar-refractivity contribution is -0.117. The quantitative estimate of drug-likeness (QED) is 0.837. The Hall–Kier alpha value is -2.27. The molecule has 1 aromatic heterocycles. The topological polar surface area (TPSA) is 52.6 Å². The van der Waals surface area contributed by atoms with Crippen molar-refractivity contribution in [2.24, 2.45) is 0 Å². The summed E-state index contributed by atoms with van der Waals surface area (Å²) >= 11 is 1.55. The van der Waals surface area contributed by atoms with E-state index in [1.165, 1.54) is 0 Å². The summed E-state index contributed by atoms with van der Waals surface area (Å²) in [6, 6.07) is 11.5. The zero-order valence-corrected chi connectivity index (χ0v) is 10.6. The number of benzene rings is 1. The number of hydrogen-bond donors (Lipinski definition) is 2. The number of carbonyl (C=O) groups excluding carboxylic acids is 1. The number of aliphatic hydroxyl groups is 1. The molecule has 0 aliphatic carbocycles. The van der Waals surface area contributed by atoms with Gasteiger partial charge in [0.2, 0.25) is 0 Å². The van der Waals surface area contributed by atoms with Crippen molar-refractivity contribution in [1.29, 1.82) is 0 Å². The second kappa shape index (κ2) is 3.39. The molecule has 4 rings (SSSR count). The van der Waals surface area contributed by atoms with Crippen LogP contribution in [0.4, 0.5) is 11.4 Å². The van der Waals surface area contributed by atoms with E-state index in [1.54, 1.807) is 22.3 Å². The van der Waals surface area contributed by atoms with Crippen molar-refractivity contribution in [3.8, 4) is 0 Å². The van der Waals surface area contributed by atoms with Gasteiger partial charge in [0.15, 0.2) is 11.4 Å². The number of anilines is 2. The number of carbonyl (C=O) groups is 1. The minimum absolute atomic E-state index is 0.213. The molecule has 0 spiro atoms. The lowest BCUT2D eigenvalue weighted by Crippen LogP contribution is -2.44. The molecule has 0 saturated heterocycles. The van der Waals surface area contributed by atoms with Crippen LogP contribution in [0.15, 0.2) is 53.6 Å². The predicted octanol–water partition coefficient (Wildman–Crippen LogP) is 2.82. The summed E-state index contributed by atoms with van der Waals surface area (Å²) in [5.41, 5.74) is 0.910. The van der Waals surface area contributed by atoms with Gasteiger partial charge in [0.05, 0.1) is 16.3 Å². The minimum atomic E-state index is -0.779. The SMILES string of the molecule is O=C1C(O)=C[C@]2(c3cccs3)Nc3ccccc3N12. The van der Waals surface area contributed by atoms with Crippen LogP contribution in [0.2, 0.25) is 0 Å². The molecule has 0 saturated carbocycles. The molecule has 0 unspecified atom stereocenters. The molecule has 5 heteroatoms. The average molecular weight is 270 g/mol. The molecule has 1 amide bonds. The number of nitrogens with zero attached hydrogens (tertiary/aromatic N) is 1. The molecule has 0 bridgehead atoms. The Labute approximate surface area is 113 Å². The summed E-state index contributed by atoms with van der Waals surface area (Å²) in [6.07, 6.45) is 1.58. The first-order valence-corrected chi connectivity index (χ1v) is 6.78. The molecule has 4 nitrogen and oxygen atoms in total. The van der Waals surface area contributed by atoms with Crippen molar-refractivity contribution in [2.45, 2.75) is 5.66 Å². The highest BCUT2D eigenvalue weighted by molar-refractivity contribution is 7.10. The van der Waals surface area contributed by atoms with Crippen molar-refractivity contribution in [3.63, 3.8) is 0 Å². The fourth-order valence-corrected chi connectivity index (χ4v) is 3.55. The highest BCUT2D eigenvalue weighted by Crippen LogP contribution is 2.50. The van der Waals surface area contributed by atoms with Crippen molar-refractivity contribution in [2.75, 3.05) is 10.2 Å². The molecule has 19 heavy (non-hydrogen) atoms. The smallest absolute Gasteiger partial charge is 0.295 e. The third kappa shape index (κ3) is 1.20. The molecule has 2 N–H and O–H groups in total. The fraction of sp³-hybridized carbons (Fsp3) is 0.0714. The summed E-state index contributed by atoms with van der Waals surface area (Å²) in [5.74, 6) is -0.582. The maximum absolute atomic E-state index is 12.2. The normalized spacial score (nSPS) is 23.9. The van der Waals surface area contributed by atoms with Gasteiger partial charge in [-0.3, -0.25) is 9.69 Å². The van der Waals surface area contributed by atoms with Gasteiger partial charge in [-0.15, -0.1) is 11.3 Å². The maximum atomic E-state index is 12.2. The van der Waals surface area contributed by atoms with E-state index in [-0.39, 0.29) is 11.7 Å². The van der Waals surface area contributed by atoms with Crippen molar-refractivity contribution < 1.29 is 9.90 Å². The van der Waals surface area contributed by atoms with E-state index < -0.39 is 5.66 Å². The summed E-state index contributed by atoms with van der Waals surface area (Å²) in [5, 5.41) is 15.1. The van der Waals surface area contributed by atoms with Crippen LogP contribution in [0, 0.1) is 0 Å². The van der Waals surface area contributed by atoms with Gasteiger partial charge in [0, 0.05) is 6.08 Å². The molecule has 2 aliphatic heterocycles. The van der Waals surface area contributed by atoms with Crippen LogP contribution in [0.1, 0.15) is 4.88 Å². The Morgan fingerprint density at radius 2 is 2.05 bits per heavy atom. The largest absolute Gasteiger partial charge is 0.503 e. The van der Waals surface area contributed by atoms with E-state index in [4.69, 9.17) is 0 Å². The number of rotatable bonds is 1. The number of para-hydroxylation sites is 2. The molecule has 3 heterocycles. The third-order valence-electron chi connectivity index (χ3n) is 3.49. The molecule has 0 radical (unpaired) electrons. The van der Waals surface area contributed by atoms with Gasteiger partial charge in [0.25, 0.3) is 5.91 Å². The van der Waals surface area contributed by atoms with Crippen LogP contribution in [0.25, 0.3) is 0 Å². The molecule has 2 aromatic rings. The fourth-order valence-electron chi connectivity index (χ4n) is 2.71. The zero-order chi connectivity index (χ0) is 13.0. The van der Waals surface area contributed by atoms with Crippen LogP contribution in [-0.4, -0.2) is 11.0 Å². The van der Waals surface area contributed by atoms with E-state index in [2.05, 4.69) is 5.32 Å². The van der Waals surface area contributed by atoms with Gasteiger partial charge >= 0.3 is 0 Å². The van der Waals surface area contributed by atoms with E-state index in [0.717, 1.165) is 16.3 Å². The summed E-state index contributed by atoms with van der Waals surface area (Å²) in [4.78, 5) is 14.8. The Bertz CT molecular complexity index is 708. The third-order valence-corrected chi connectivity index (χ3v) is 4.48. The number of amides is 1. The van der Waals surface area contributed by atoms with Crippen LogP contribution >= 0.6 is 11.3 Å². The van der Waals surface area contributed by atoms with Crippen LogP contribution in [0.3, 0.4) is 0 Å².